The summed E-state index contributed by atoms with van der Waals surface area (Å²) in [7, 11) is 0. The Kier molecular flexibility index (Phi) is 5.40. The van der Waals surface area contributed by atoms with Gasteiger partial charge in [-0.1, -0.05) is 18.2 Å². The van der Waals surface area contributed by atoms with E-state index >= 15 is 0 Å². The summed E-state index contributed by atoms with van der Waals surface area (Å²) >= 11 is 0. The number of aryl methyl sites for hydroxylation is 3. The largest absolute Gasteiger partial charge is 0.376 e. The lowest BCUT2D eigenvalue weighted by molar-refractivity contribution is -0.130. The van der Waals surface area contributed by atoms with Gasteiger partial charge in [-0.05, 0) is 75.6 Å². The molecule has 0 saturated carbocycles. The minimum absolute atomic E-state index is 0.164. The molecule has 7 heteroatoms. The van der Waals surface area contributed by atoms with Gasteiger partial charge in [0.25, 0.3) is 5.91 Å². The van der Waals surface area contributed by atoms with Gasteiger partial charge >= 0.3 is 6.03 Å². The lowest BCUT2D eigenvalue weighted by atomic mass is 9.89. The van der Waals surface area contributed by atoms with Crippen molar-refractivity contribution in [3.05, 3.63) is 57.9 Å². The van der Waals surface area contributed by atoms with E-state index in [9.17, 15) is 14.4 Å². The van der Waals surface area contributed by atoms with Crippen LogP contribution < -0.4 is 5.32 Å². The number of ether oxygens (including phenoxy) is 1. The normalized spacial score (nSPS) is 24.5. The van der Waals surface area contributed by atoms with E-state index in [1.165, 1.54) is 11.1 Å². The summed E-state index contributed by atoms with van der Waals surface area (Å²) in [4.78, 5) is 40.4. The highest BCUT2D eigenvalue weighted by molar-refractivity contribution is 6.11. The van der Waals surface area contributed by atoms with Crippen LogP contribution in [0.1, 0.15) is 64.6 Å². The van der Waals surface area contributed by atoms with E-state index in [1.807, 2.05) is 32.0 Å². The van der Waals surface area contributed by atoms with Gasteiger partial charge in [0, 0.05) is 30.1 Å². The Morgan fingerprint density at radius 1 is 1.15 bits per heavy atom. The Balaban J connectivity index is 1.35. The summed E-state index contributed by atoms with van der Waals surface area (Å²) in [5, 5.41) is 2.84. The van der Waals surface area contributed by atoms with Gasteiger partial charge in [0.05, 0.1) is 12.6 Å². The number of amides is 3. The smallest absolute Gasteiger partial charge is 0.325 e. The number of fused-ring (bicyclic) bond motifs is 1. The molecule has 2 unspecified atom stereocenters. The van der Waals surface area contributed by atoms with E-state index in [1.54, 1.807) is 6.92 Å². The highest BCUT2D eigenvalue weighted by Gasteiger charge is 2.49. The van der Waals surface area contributed by atoms with E-state index in [0.29, 0.717) is 12.1 Å². The first-order valence-electron chi connectivity index (χ1n) is 11.9. The van der Waals surface area contributed by atoms with Crippen LogP contribution in [0.5, 0.6) is 0 Å². The summed E-state index contributed by atoms with van der Waals surface area (Å²) in [5.74, 6) is -0.615. The summed E-state index contributed by atoms with van der Waals surface area (Å²) in [6, 6.07) is 7.34. The fourth-order valence-corrected chi connectivity index (χ4v) is 5.50. The third kappa shape index (κ3) is 3.68. The van der Waals surface area contributed by atoms with Crippen LogP contribution in [0, 0.1) is 13.8 Å². The standard InChI is InChI=1S/C26H31N3O4/c1-16-12-22(17(2)28(16)14-21-8-5-11-33-21)23(30)15-29-24(31)26(3,27-25(29)32)20-10-9-18-6-4-7-19(18)13-20/h9-10,12-13,21H,4-8,11,14-15H2,1-3H3,(H,27,32). The Labute approximate surface area is 194 Å². The van der Waals surface area contributed by atoms with Crippen LogP contribution in [-0.4, -0.2) is 46.4 Å². The molecule has 2 fully saturated rings. The van der Waals surface area contributed by atoms with Crippen LogP contribution in [0.4, 0.5) is 4.79 Å². The van der Waals surface area contributed by atoms with Crippen molar-refractivity contribution in [1.29, 1.82) is 0 Å². The number of ketones is 1. The number of benzene rings is 1. The molecule has 3 heterocycles. The highest BCUT2D eigenvalue weighted by atomic mass is 16.5. The zero-order valence-corrected chi connectivity index (χ0v) is 19.6. The molecule has 3 aliphatic rings. The SMILES string of the molecule is Cc1cc(C(=O)CN2C(=O)NC(C)(c3ccc4c(c3)CCC4)C2=O)c(C)n1CC1CCCO1. The van der Waals surface area contributed by atoms with Crippen LogP contribution in [0.3, 0.4) is 0 Å². The monoisotopic (exact) mass is 449 g/mol. The topological polar surface area (TPSA) is 80.6 Å². The molecule has 0 spiro atoms. The van der Waals surface area contributed by atoms with Gasteiger partial charge in [0.15, 0.2) is 5.78 Å². The van der Waals surface area contributed by atoms with Gasteiger partial charge < -0.3 is 14.6 Å². The van der Waals surface area contributed by atoms with Gasteiger partial charge in [-0.15, -0.1) is 0 Å². The van der Waals surface area contributed by atoms with E-state index in [4.69, 9.17) is 4.74 Å². The van der Waals surface area contributed by atoms with E-state index in [2.05, 4.69) is 16.0 Å². The zero-order valence-electron chi connectivity index (χ0n) is 19.6. The first-order valence-corrected chi connectivity index (χ1v) is 11.9. The second-order valence-corrected chi connectivity index (χ2v) is 9.74. The molecule has 33 heavy (non-hydrogen) atoms. The number of carbonyl (C=O) groups is 3. The molecular formula is C26H31N3O4. The predicted molar refractivity (Wildman–Crippen MR) is 123 cm³/mol. The molecule has 1 aromatic carbocycles. The lowest BCUT2D eigenvalue weighted by Crippen LogP contribution is -2.41. The number of carbonyl (C=O) groups excluding carboxylic acids is 3. The molecular weight excluding hydrogens is 418 g/mol. The maximum atomic E-state index is 13.4. The molecule has 1 N–H and O–H groups in total. The number of nitrogens with zero attached hydrogens (tertiary/aromatic N) is 2. The van der Waals surface area contributed by atoms with Crippen molar-refractivity contribution >= 4 is 17.7 Å². The Bertz CT molecular complexity index is 1140. The number of hydrogen-bond donors (Lipinski definition) is 1. The number of aromatic nitrogens is 1. The van der Waals surface area contributed by atoms with Crippen LogP contribution in [0.25, 0.3) is 0 Å². The molecule has 0 radical (unpaired) electrons. The van der Waals surface area contributed by atoms with E-state index < -0.39 is 11.6 Å². The third-order valence-electron chi connectivity index (χ3n) is 7.54. The number of Topliss-reactive ketones (excluding diaryl/α,β-unsaturated/α-hetero) is 1. The van der Waals surface area contributed by atoms with Gasteiger partial charge in [-0.2, -0.15) is 0 Å². The Morgan fingerprint density at radius 3 is 2.70 bits per heavy atom. The molecule has 2 saturated heterocycles. The lowest BCUT2D eigenvalue weighted by Gasteiger charge is -2.23. The maximum Gasteiger partial charge on any atom is 0.325 e. The molecule has 2 aliphatic heterocycles. The molecule has 2 atom stereocenters. The number of hydrogen-bond acceptors (Lipinski definition) is 4. The number of imide groups is 1. The number of urea groups is 1. The van der Waals surface area contributed by atoms with Crippen LogP contribution >= 0.6 is 0 Å². The summed E-state index contributed by atoms with van der Waals surface area (Å²) < 4.78 is 7.85. The predicted octanol–water partition coefficient (Wildman–Crippen LogP) is 3.42. The molecule has 5 rings (SSSR count). The highest BCUT2D eigenvalue weighted by Crippen LogP contribution is 2.33. The summed E-state index contributed by atoms with van der Waals surface area (Å²) in [6.07, 6.45) is 5.40. The molecule has 1 aliphatic carbocycles. The fraction of sp³-hybridized carbons (Fsp3) is 0.500. The van der Waals surface area contributed by atoms with Crippen molar-refractivity contribution < 1.29 is 19.1 Å². The van der Waals surface area contributed by atoms with Gasteiger partial charge in [-0.25, -0.2) is 4.79 Å². The average molecular weight is 450 g/mol. The zero-order chi connectivity index (χ0) is 23.3. The Morgan fingerprint density at radius 2 is 1.94 bits per heavy atom. The average Bonchev–Trinajstić information content (AvgIpc) is 3.56. The third-order valence-corrected chi connectivity index (χ3v) is 7.54. The molecule has 1 aromatic heterocycles. The van der Waals surface area contributed by atoms with Crippen LogP contribution in [0.2, 0.25) is 0 Å². The number of rotatable bonds is 6. The quantitative estimate of drug-likeness (QED) is 0.541. The minimum Gasteiger partial charge on any atom is -0.376 e. The maximum absolute atomic E-state index is 13.4. The molecule has 2 aromatic rings. The van der Waals surface area contributed by atoms with Crippen molar-refractivity contribution in [1.82, 2.24) is 14.8 Å². The van der Waals surface area contributed by atoms with Gasteiger partial charge in [-0.3, -0.25) is 14.5 Å². The second kappa shape index (κ2) is 8.13. The van der Waals surface area contributed by atoms with E-state index in [-0.39, 0.29) is 24.3 Å². The molecule has 174 valence electrons. The first kappa shape index (κ1) is 21.9. The summed E-state index contributed by atoms with van der Waals surface area (Å²) in [6.45, 7) is 6.83. The van der Waals surface area contributed by atoms with Crippen molar-refractivity contribution in [3.8, 4) is 0 Å². The Hall–Kier alpha value is -2.93. The van der Waals surface area contributed by atoms with Crippen LogP contribution in [0.15, 0.2) is 24.3 Å². The van der Waals surface area contributed by atoms with Gasteiger partial charge in [0.1, 0.15) is 5.54 Å². The molecule has 0 bridgehead atoms. The molecule has 3 amide bonds. The second-order valence-electron chi connectivity index (χ2n) is 9.74. The van der Waals surface area contributed by atoms with Crippen molar-refractivity contribution in [2.45, 2.75) is 71.1 Å². The van der Waals surface area contributed by atoms with Gasteiger partial charge in [0.2, 0.25) is 0 Å². The molecule has 7 nitrogen and oxygen atoms in total. The first-order chi connectivity index (χ1) is 15.8. The fourth-order valence-electron chi connectivity index (χ4n) is 5.50. The minimum atomic E-state index is -1.16. The van der Waals surface area contributed by atoms with Crippen molar-refractivity contribution in [2.75, 3.05) is 13.2 Å². The van der Waals surface area contributed by atoms with Crippen LogP contribution in [-0.2, 0) is 34.5 Å². The number of nitrogens with one attached hydrogen (secondary N) is 1. The summed E-state index contributed by atoms with van der Waals surface area (Å²) in [5.41, 5.74) is 4.54. The van der Waals surface area contributed by atoms with Crippen molar-refractivity contribution in [2.24, 2.45) is 0 Å². The van der Waals surface area contributed by atoms with E-state index in [0.717, 1.165) is 60.6 Å². The van der Waals surface area contributed by atoms with Crippen molar-refractivity contribution in [3.63, 3.8) is 0 Å².